The number of alkyl halides is 3. The summed E-state index contributed by atoms with van der Waals surface area (Å²) in [5.74, 6) is -1.67. The van der Waals surface area contributed by atoms with Crippen LogP contribution in [0, 0.1) is 0 Å². The number of halogens is 3. The van der Waals surface area contributed by atoms with Crippen LogP contribution in [0.3, 0.4) is 0 Å². The van der Waals surface area contributed by atoms with E-state index in [-0.39, 0.29) is 11.5 Å². The van der Waals surface area contributed by atoms with E-state index in [1.54, 1.807) is 4.98 Å². The molecule has 1 aliphatic rings. The number of aromatic nitrogens is 2. The van der Waals surface area contributed by atoms with Crippen molar-refractivity contribution in [3.63, 3.8) is 0 Å². The lowest BCUT2D eigenvalue weighted by molar-refractivity contribution is -0.145. The van der Waals surface area contributed by atoms with E-state index in [1.165, 1.54) is 0 Å². The summed E-state index contributed by atoms with van der Waals surface area (Å²) in [6, 6.07) is 0. The zero-order valence-corrected chi connectivity index (χ0v) is 6.46. The first-order chi connectivity index (χ1) is 6.48. The third-order valence-corrected chi connectivity index (χ3v) is 1.51. The van der Waals surface area contributed by atoms with Crippen molar-refractivity contribution in [2.24, 2.45) is 4.99 Å². The molecule has 1 aliphatic heterocycles. The van der Waals surface area contributed by atoms with Crippen LogP contribution in [-0.4, -0.2) is 16.3 Å². The Balaban J connectivity index is 2.61. The Morgan fingerprint density at radius 3 is 2.71 bits per heavy atom. The van der Waals surface area contributed by atoms with Crippen molar-refractivity contribution in [2.75, 3.05) is 0 Å². The fourth-order valence-electron chi connectivity index (χ4n) is 0.937. The number of aliphatic imine (C=N–C) groups is 1. The molecule has 0 saturated carbocycles. The van der Waals surface area contributed by atoms with Crippen molar-refractivity contribution in [3.8, 4) is 0 Å². The van der Waals surface area contributed by atoms with Gasteiger partial charge in [0.05, 0.1) is 0 Å². The number of nitrogens with zero attached hydrogens (tertiary/aromatic N) is 3. The second-order valence-corrected chi connectivity index (χ2v) is 2.46. The van der Waals surface area contributed by atoms with Crippen molar-refractivity contribution in [3.05, 3.63) is 16.2 Å². The van der Waals surface area contributed by atoms with Crippen LogP contribution in [-0.2, 0) is 6.18 Å². The molecular weight excluding hydrogens is 201 g/mol. The minimum atomic E-state index is -4.69. The first kappa shape index (κ1) is 8.73. The van der Waals surface area contributed by atoms with E-state index in [4.69, 9.17) is 0 Å². The molecule has 0 spiro atoms. The lowest BCUT2D eigenvalue weighted by atomic mass is 10.4. The van der Waals surface area contributed by atoms with Gasteiger partial charge in [-0.3, -0.25) is 4.79 Å². The van der Waals surface area contributed by atoms with Crippen LogP contribution in [0.25, 0.3) is 0 Å². The Morgan fingerprint density at radius 1 is 1.36 bits per heavy atom. The maximum absolute atomic E-state index is 12.1. The fourth-order valence-corrected chi connectivity index (χ4v) is 0.937. The molecule has 0 aliphatic carbocycles. The third-order valence-electron chi connectivity index (χ3n) is 1.51. The Kier molecular flexibility index (Phi) is 1.60. The van der Waals surface area contributed by atoms with Crippen LogP contribution in [0.1, 0.15) is 5.82 Å². The minimum Gasteiger partial charge on any atom is -0.301 e. The number of hydrogen-bond donors (Lipinski definition) is 1. The first-order valence-electron chi connectivity index (χ1n) is 3.43. The third kappa shape index (κ3) is 1.24. The highest BCUT2D eigenvalue weighted by molar-refractivity contribution is 5.78. The Hall–Kier alpha value is -1.86. The Morgan fingerprint density at radius 2 is 2.07 bits per heavy atom. The smallest absolute Gasteiger partial charge is 0.301 e. The van der Waals surface area contributed by atoms with Gasteiger partial charge in [0.15, 0.2) is 11.5 Å². The van der Waals surface area contributed by atoms with Gasteiger partial charge < -0.3 is 4.98 Å². The molecular formula is C6H2F3N4O. The van der Waals surface area contributed by atoms with Crippen LogP contribution in [0.5, 0.6) is 0 Å². The molecule has 1 aromatic heterocycles. The molecule has 73 valence electrons. The SMILES string of the molecule is O=c1[nH]c(C(F)(F)F)nc2c1N=C[N]2. The summed E-state index contributed by atoms with van der Waals surface area (Å²) in [5.41, 5.74) is -1.14. The topological polar surface area (TPSA) is 72.2 Å². The van der Waals surface area contributed by atoms with E-state index in [1.807, 2.05) is 0 Å². The predicted octanol–water partition coefficient (Wildman–Crippen LogP) is 0.698. The van der Waals surface area contributed by atoms with Crippen molar-refractivity contribution in [1.29, 1.82) is 0 Å². The molecule has 0 aromatic carbocycles. The van der Waals surface area contributed by atoms with Gasteiger partial charge in [-0.15, -0.1) is 0 Å². The van der Waals surface area contributed by atoms with Crippen LogP contribution < -0.4 is 10.9 Å². The summed E-state index contributed by atoms with van der Waals surface area (Å²) in [7, 11) is 0. The maximum atomic E-state index is 12.1. The molecule has 0 amide bonds. The van der Waals surface area contributed by atoms with Gasteiger partial charge in [-0.25, -0.2) is 15.3 Å². The standard InChI is InChI=1S/C6H2F3N4O/c7-6(8,9)5-12-3-2(4(14)13-5)10-1-11-3/h1H,(H,12,13,14). The van der Waals surface area contributed by atoms with Gasteiger partial charge >= 0.3 is 6.18 Å². The first-order valence-corrected chi connectivity index (χ1v) is 3.43. The summed E-state index contributed by atoms with van der Waals surface area (Å²) < 4.78 is 36.4. The summed E-state index contributed by atoms with van der Waals surface area (Å²) in [6.07, 6.45) is -3.71. The van der Waals surface area contributed by atoms with Gasteiger partial charge in [0, 0.05) is 0 Å². The van der Waals surface area contributed by atoms with Gasteiger partial charge in [0.1, 0.15) is 6.34 Å². The summed E-state index contributed by atoms with van der Waals surface area (Å²) >= 11 is 0. The number of rotatable bonds is 0. The van der Waals surface area contributed by atoms with Crippen LogP contribution in [0.15, 0.2) is 9.79 Å². The molecule has 0 unspecified atom stereocenters. The summed E-state index contributed by atoms with van der Waals surface area (Å²) in [4.78, 5) is 19.2. The second kappa shape index (κ2) is 2.56. The van der Waals surface area contributed by atoms with Gasteiger partial charge in [0.2, 0.25) is 5.82 Å². The van der Waals surface area contributed by atoms with E-state index in [9.17, 15) is 18.0 Å². The van der Waals surface area contributed by atoms with E-state index in [0.29, 0.717) is 0 Å². The van der Waals surface area contributed by atoms with E-state index < -0.39 is 17.6 Å². The lowest BCUT2D eigenvalue weighted by Gasteiger charge is -2.05. The highest BCUT2D eigenvalue weighted by Crippen LogP contribution is 2.29. The average Bonchev–Trinajstić information content (AvgIpc) is 2.50. The van der Waals surface area contributed by atoms with Crippen molar-refractivity contribution in [1.82, 2.24) is 15.3 Å². The highest BCUT2D eigenvalue weighted by Gasteiger charge is 2.35. The normalized spacial score (nSPS) is 13.9. The largest absolute Gasteiger partial charge is 0.449 e. The molecule has 5 nitrogen and oxygen atoms in total. The molecule has 0 bridgehead atoms. The van der Waals surface area contributed by atoms with E-state index in [2.05, 4.69) is 15.3 Å². The zero-order valence-electron chi connectivity index (χ0n) is 6.46. The number of nitrogens with one attached hydrogen (secondary N) is 1. The second-order valence-electron chi connectivity index (χ2n) is 2.46. The Labute approximate surface area is 74.7 Å². The number of hydrogen-bond acceptors (Lipinski definition) is 3. The average molecular weight is 203 g/mol. The Bertz CT molecular complexity index is 461. The summed E-state index contributed by atoms with van der Waals surface area (Å²) in [6.45, 7) is 0. The molecule has 1 radical (unpaired) electrons. The van der Waals surface area contributed by atoms with Crippen LogP contribution in [0.4, 0.5) is 24.7 Å². The van der Waals surface area contributed by atoms with E-state index in [0.717, 1.165) is 6.34 Å². The predicted molar refractivity (Wildman–Crippen MR) is 39.8 cm³/mol. The molecule has 0 fully saturated rings. The lowest BCUT2D eigenvalue weighted by Crippen LogP contribution is -2.18. The molecule has 2 rings (SSSR count). The molecule has 1 aromatic rings. The molecule has 14 heavy (non-hydrogen) atoms. The van der Waals surface area contributed by atoms with Gasteiger partial charge in [-0.1, -0.05) is 0 Å². The quantitative estimate of drug-likeness (QED) is 0.673. The minimum absolute atomic E-state index is 0.196. The monoisotopic (exact) mass is 203 g/mol. The fraction of sp³-hybridized carbons (Fsp3) is 0.167. The van der Waals surface area contributed by atoms with Gasteiger partial charge in [-0.05, 0) is 0 Å². The molecule has 0 saturated heterocycles. The summed E-state index contributed by atoms with van der Waals surface area (Å²) in [5, 5.41) is 3.41. The number of aromatic amines is 1. The van der Waals surface area contributed by atoms with Gasteiger partial charge in [-0.2, -0.15) is 13.2 Å². The van der Waals surface area contributed by atoms with Crippen molar-refractivity contribution in [2.45, 2.75) is 6.18 Å². The molecule has 8 heteroatoms. The van der Waals surface area contributed by atoms with Crippen molar-refractivity contribution < 1.29 is 13.2 Å². The number of fused-ring (bicyclic) bond motifs is 1. The van der Waals surface area contributed by atoms with Crippen molar-refractivity contribution >= 4 is 17.8 Å². The molecule has 1 N–H and O–H groups in total. The van der Waals surface area contributed by atoms with E-state index >= 15 is 0 Å². The molecule has 0 atom stereocenters. The molecule has 2 heterocycles. The van der Waals surface area contributed by atoms with Crippen LogP contribution in [0.2, 0.25) is 0 Å². The zero-order chi connectivity index (χ0) is 10.3. The number of H-pyrrole nitrogens is 1. The maximum Gasteiger partial charge on any atom is 0.449 e. The highest BCUT2D eigenvalue weighted by atomic mass is 19.4. The van der Waals surface area contributed by atoms with Gasteiger partial charge in [0.25, 0.3) is 5.56 Å². The van der Waals surface area contributed by atoms with Crippen LogP contribution >= 0.6 is 0 Å².